The SMILES string of the molecule is CCOc1ccc(/C=N\NC(=O)C(=O)Nc2ccccc2CC)cc1OCC. The highest BCUT2D eigenvalue weighted by atomic mass is 16.5. The van der Waals surface area contributed by atoms with Gasteiger partial charge < -0.3 is 14.8 Å². The highest BCUT2D eigenvalue weighted by Crippen LogP contribution is 2.27. The number of carbonyl (C=O) groups is 2. The lowest BCUT2D eigenvalue weighted by Gasteiger charge is -2.11. The molecule has 0 atom stereocenters. The highest BCUT2D eigenvalue weighted by Gasteiger charge is 2.14. The molecule has 0 spiro atoms. The Morgan fingerprint density at radius 1 is 0.964 bits per heavy atom. The molecule has 0 radical (unpaired) electrons. The largest absolute Gasteiger partial charge is 0.490 e. The monoisotopic (exact) mass is 383 g/mol. The summed E-state index contributed by atoms with van der Waals surface area (Å²) in [6, 6.07) is 12.6. The molecular formula is C21H25N3O4. The zero-order chi connectivity index (χ0) is 20.4. The first kappa shape index (κ1) is 21.0. The molecular weight excluding hydrogens is 358 g/mol. The third-order valence-electron chi connectivity index (χ3n) is 3.80. The van der Waals surface area contributed by atoms with Crippen molar-refractivity contribution in [2.24, 2.45) is 5.10 Å². The second-order valence-corrected chi connectivity index (χ2v) is 5.74. The van der Waals surface area contributed by atoms with E-state index in [1.807, 2.05) is 32.9 Å². The summed E-state index contributed by atoms with van der Waals surface area (Å²) >= 11 is 0. The van der Waals surface area contributed by atoms with Gasteiger partial charge in [0.25, 0.3) is 0 Å². The fraction of sp³-hybridized carbons (Fsp3) is 0.286. The van der Waals surface area contributed by atoms with Crippen molar-refractivity contribution in [1.29, 1.82) is 0 Å². The Hall–Kier alpha value is -3.35. The van der Waals surface area contributed by atoms with Gasteiger partial charge in [0, 0.05) is 5.69 Å². The molecule has 2 aromatic carbocycles. The molecule has 28 heavy (non-hydrogen) atoms. The zero-order valence-corrected chi connectivity index (χ0v) is 16.3. The summed E-state index contributed by atoms with van der Waals surface area (Å²) in [5.41, 5.74) is 4.49. The number of hydrogen-bond acceptors (Lipinski definition) is 5. The van der Waals surface area contributed by atoms with Crippen LogP contribution in [0.1, 0.15) is 31.9 Å². The smallest absolute Gasteiger partial charge is 0.329 e. The molecule has 2 N–H and O–H groups in total. The minimum absolute atomic E-state index is 0.497. The Balaban J connectivity index is 1.98. The number of nitrogens with one attached hydrogen (secondary N) is 2. The predicted octanol–water partition coefficient (Wildman–Crippen LogP) is 3.14. The molecule has 0 aliphatic carbocycles. The summed E-state index contributed by atoms with van der Waals surface area (Å²) in [5, 5.41) is 6.44. The van der Waals surface area contributed by atoms with Crippen LogP contribution in [0.5, 0.6) is 11.5 Å². The predicted molar refractivity (Wildman–Crippen MR) is 109 cm³/mol. The zero-order valence-electron chi connectivity index (χ0n) is 16.3. The van der Waals surface area contributed by atoms with Gasteiger partial charge in [-0.05, 0) is 55.7 Å². The minimum Gasteiger partial charge on any atom is -0.490 e. The van der Waals surface area contributed by atoms with E-state index in [9.17, 15) is 9.59 Å². The molecule has 0 aliphatic rings. The number of nitrogens with zero attached hydrogens (tertiary/aromatic N) is 1. The lowest BCUT2D eigenvalue weighted by Crippen LogP contribution is -2.32. The van der Waals surface area contributed by atoms with E-state index in [0.717, 1.165) is 12.0 Å². The van der Waals surface area contributed by atoms with Crippen molar-refractivity contribution in [3.05, 3.63) is 53.6 Å². The topological polar surface area (TPSA) is 89.0 Å². The maximum Gasteiger partial charge on any atom is 0.329 e. The van der Waals surface area contributed by atoms with Gasteiger partial charge in [0.2, 0.25) is 0 Å². The van der Waals surface area contributed by atoms with E-state index in [1.165, 1.54) is 6.21 Å². The average Bonchev–Trinajstić information content (AvgIpc) is 2.70. The maximum atomic E-state index is 12.0. The Morgan fingerprint density at radius 3 is 2.39 bits per heavy atom. The minimum atomic E-state index is -0.849. The Kier molecular flexibility index (Phi) is 8.02. The molecule has 0 saturated carbocycles. The van der Waals surface area contributed by atoms with E-state index in [0.29, 0.717) is 36.0 Å². The quantitative estimate of drug-likeness (QED) is 0.416. The van der Waals surface area contributed by atoms with Crippen molar-refractivity contribution in [3.8, 4) is 11.5 Å². The van der Waals surface area contributed by atoms with Gasteiger partial charge in [-0.2, -0.15) is 5.10 Å². The van der Waals surface area contributed by atoms with Gasteiger partial charge in [0.1, 0.15) is 0 Å². The van der Waals surface area contributed by atoms with Crippen molar-refractivity contribution in [2.75, 3.05) is 18.5 Å². The molecule has 0 saturated heterocycles. The van der Waals surface area contributed by atoms with E-state index >= 15 is 0 Å². The van der Waals surface area contributed by atoms with E-state index in [-0.39, 0.29) is 0 Å². The Bertz CT molecular complexity index is 849. The lowest BCUT2D eigenvalue weighted by atomic mass is 10.1. The van der Waals surface area contributed by atoms with Crippen LogP contribution < -0.4 is 20.2 Å². The van der Waals surface area contributed by atoms with Crippen molar-refractivity contribution in [3.63, 3.8) is 0 Å². The molecule has 2 rings (SSSR count). The van der Waals surface area contributed by atoms with Crippen LogP contribution in [-0.4, -0.2) is 31.2 Å². The number of rotatable bonds is 8. The molecule has 0 fully saturated rings. The van der Waals surface area contributed by atoms with Gasteiger partial charge in [0.05, 0.1) is 19.4 Å². The van der Waals surface area contributed by atoms with Gasteiger partial charge in [-0.1, -0.05) is 25.1 Å². The van der Waals surface area contributed by atoms with Crippen LogP contribution in [0.2, 0.25) is 0 Å². The molecule has 0 aliphatic heterocycles. The van der Waals surface area contributed by atoms with Crippen LogP contribution in [0, 0.1) is 0 Å². The van der Waals surface area contributed by atoms with Gasteiger partial charge in [-0.15, -0.1) is 0 Å². The van der Waals surface area contributed by atoms with Gasteiger partial charge in [-0.3, -0.25) is 9.59 Å². The van der Waals surface area contributed by atoms with Crippen LogP contribution >= 0.6 is 0 Å². The number of amides is 2. The summed E-state index contributed by atoms with van der Waals surface area (Å²) in [7, 11) is 0. The standard InChI is InChI=1S/C21H25N3O4/c1-4-16-9-7-8-10-17(16)23-20(25)21(26)24-22-14-15-11-12-18(27-5-2)19(13-15)28-6-3/h7-14H,4-6H2,1-3H3,(H,23,25)(H,24,26)/b22-14-. The first-order chi connectivity index (χ1) is 13.6. The fourth-order valence-electron chi connectivity index (χ4n) is 2.49. The summed E-state index contributed by atoms with van der Waals surface area (Å²) in [4.78, 5) is 24.0. The van der Waals surface area contributed by atoms with Gasteiger partial charge >= 0.3 is 11.8 Å². The van der Waals surface area contributed by atoms with Crippen LogP contribution in [0.25, 0.3) is 0 Å². The van der Waals surface area contributed by atoms with E-state index in [4.69, 9.17) is 9.47 Å². The molecule has 0 heterocycles. The molecule has 0 unspecified atom stereocenters. The first-order valence-corrected chi connectivity index (χ1v) is 9.20. The van der Waals surface area contributed by atoms with Gasteiger partial charge in [-0.25, -0.2) is 5.43 Å². The molecule has 0 bridgehead atoms. The average molecular weight is 383 g/mol. The van der Waals surface area contributed by atoms with Crippen molar-refractivity contribution < 1.29 is 19.1 Å². The van der Waals surface area contributed by atoms with Crippen LogP contribution in [-0.2, 0) is 16.0 Å². The highest BCUT2D eigenvalue weighted by molar-refractivity contribution is 6.39. The van der Waals surface area contributed by atoms with Crippen molar-refractivity contribution in [1.82, 2.24) is 5.43 Å². The number of hydrogen-bond donors (Lipinski definition) is 2. The number of anilines is 1. The molecule has 2 aromatic rings. The maximum absolute atomic E-state index is 12.0. The number of aryl methyl sites for hydroxylation is 1. The molecule has 7 nitrogen and oxygen atoms in total. The van der Waals surface area contributed by atoms with Crippen LogP contribution in [0.15, 0.2) is 47.6 Å². The number of benzene rings is 2. The third kappa shape index (κ3) is 5.84. The van der Waals surface area contributed by atoms with Crippen LogP contribution in [0.3, 0.4) is 0 Å². The molecule has 2 amide bonds. The number of hydrazone groups is 1. The molecule has 0 aromatic heterocycles. The second-order valence-electron chi connectivity index (χ2n) is 5.74. The fourth-order valence-corrected chi connectivity index (χ4v) is 2.49. The number of carbonyl (C=O) groups excluding carboxylic acids is 2. The third-order valence-corrected chi connectivity index (χ3v) is 3.80. The van der Waals surface area contributed by atoms with Crippen LogP contribution in [0.4, 0.5) is 5.69 Å². The van der Waals surface area contributed by atoms with Crippen molar-refractivity contribution in [2.45, 2.75) is 27.2 Å². The first-order valence-electron chi connectivity index (χ1n) is 9.20. The van der Waals surface area contributed by atoms with Gasteiger partial charge in [0.15, 0.2) is 11.5 Å². The lowest BCUT2D eigenvalue weighted by molar-refractivity contribution is -0.136. The van der Waals surface area contributed by atoms with Crippen molar-refractivity contribution >= 4 is 23.7 Å². The van der Waals surface area contributed by atoms with E-state index < -0.39 is 11.8 Å². The summed E-state index contributed by atoms with van der Waals surface area (Å²) in [6.07, 6.45) is 2.18. The van der Waals surface area contributed by atoms with E-state index in [2.05, 4.69) is 15.8 Å². The summed E-state index contributed by atoms with van der Waals surface area (Å²) in [6.45, 7) is 6.77. The Labute approximate surface area is 164 Å². The second kappa shape index (κ2) is 10.7. The summed E-state index contributed by atoms with van der Waals surface area (Å²) in [5.74, 6) is -0.397. The van der Waals surface area contributed by atoms with E-state index in [1.54, 1.807) is 30.3 Å². The normalized spacial score (nSPS) is 10.5. The summed E-state index contributed by atoms with van der Waals surface area (Å²) < 4.78 is 11.0. The number of ether oxygens (including phenoxy) is 2. The molecule has 7 heteroatoms. The Morgan fingerprint density at radius 2 is 1.68 bits per heavy atom. The number of para-hydroxylation sites is 1. The molecule has 148 valence electrons.